The largest absolute Gasteiger partial charge is 0.383 e. The topological polar surface area (TPSA) is 85.4 Å². The first-order valence-corrected chi connectivity index (χ1v) is 11.6. The number of aromatic nitrogens is 4. The van der Waals surface area contributed by atoms with Gasteiger partial charge in [-0.05, 0) is 37.1 Å². The Morgan fingerprint density at radius 1 is 1.18 bits per heavy atom. The predicted octanol–water partition coefficient (Wildman–Crippen LogP) is 3.19. The fourth-order valence-electron chi connectivity index (χ4n) is 4.77. The summed E-state index contributed by atoms with van der Waals surface area (Å²) in [7, 11) is 5.82. The zero-order valence-corrected chi connectivity index (χ0v) is 19.6. The maximum atomic E-state index is 5.40. The Labute approximate surface area is 194 Å². The van der Waals surface area contributed by atoms with Gasteiger partial charge >= 0.3 is 0 Å². The maximum absolute atomic E-state index is 5.40. The number of aromatic amines is 1. The van der Waals surface area contributed by atoms with Crippen LogP contribution in [0.15, 0.2) is 36.8 Å². The summed E-state index contributed by atoms with van der Waals surface area (Å²) in [6, 6.07) is 8.97. The molecule has 33 heavy (non-hydrogen) atoms. The smallest absolute Gasteiger partial charge is 0.229 e. The van der Waals surface area contributed by atoms with E-state index in [4.69, 9.17) is 9.72 Å². The Bertz CT molecular complexity index is 1080. The van der Waals surface area contributed by atoms with E-state index in [2.05, 4.69) is 59.2 Å². The van der Waals surface area contributed by atoms with E-state index in [-0.39, 0.29) is 0 Å². The molecule has 9 heteroatoms. The van der Waals surface area contributed by atoms with E-state index in [0.29, 0.717) is 12.0 Å². The number of benzene rings is 1. The molecule has 0 spiro atoms. The fourth-order valence-corrected chi connectivity index (χ4v) is 4.77. The van der Waals surface area contributed by atoms with Crippen LogP contribution in [0.4, 0.5) is 28.8 Å². The van der Waals surface area contributed by atoms with Crippen molar-refractivity contribution in [3.8, 4) is 0 Å². The Kier molecular flexibility index (Phi) is 6.04. The van der Waals surface area contributed by atoms with Gasteiger partial charge in [0.15, 0.2) is 5.82 Å². The Balaban J connectivity index is 1.34. The molecule has 2 aliphatic rings. The molecule has 0 bridgehead atoms. The number of imidazole rings is 1. The molecule has 2 aromatic heterocycles. The van der Waals surface area contributed by atoms with E-state index in [1.807, 2.05) is 20.3 Å². The van der Waals surface area contributed by atoms with Crippen LogP contribution in [0.5, 0.6) is 0 Å². The van der Waals surface area contributed by atoms with Crippen molar-refractivity contribution in [2.75, 3.05) is 60.9 Å². The minimum Gasteiger partial charge on any atom is -0.383 e. The molecule has 0 unspecified atom stereocenters. The molecule has 0 saturated carbocycles. The summed E-state index contributed by atoms with van der Waals surface area (Å²) < 4.78 is 5.40. The SMILES string of the molecule is COC[C@@H]1CCCN1c1ccc(Nc2ncc(N(C)C)c(N3CCc4nc[nH]c4C3)n2)cc1. The van der Waals surface area contributed by atoms with Crippen LogP contribution in [0, 0.1) is 0 Å². The highest BCUT2D eigenvalue weighted by Crippen LogP contribution is 2.31. The van der Waals surface area contributed by atoms with Crippen molar-refractivity contribution in [1.29, 1.82) is 0 Å². The molecule has 0 radical (unpaired) electrons. The standard InChI is InChI=1S/C24H32N8O/c1-30(2)22-13-25-24(29-23(22)31-12-10-20-21(14-31)27-16-26-20)28-17-6-8-18(9-7-17)32-11-4-5-19(32)15-33-3/h6-9,13,16,19H,4-5,10-12,14-15H2,1-3H3,(H,26,27)(H,25,28,29)/t19-/m0/s1. The lowest BCUT2D eigenvalue weighted by atomic mass is 10.1. The van der Waals surface area contributed by atoms with Gasteiger partial charge < -0.3 is 29.7 Å². The molecule has 1 aromatic carbocycles. The first-order valence-electron chi connectivity index (χ1n) is 11.6. The van der Waals surface area contributed by atoms with E-state index in [1.54, 1.807) is 13.4 Å². The van der Waals surface area contributed by atoms with E-state index in [9.17, 15) is 0 Å². The van der Waals surface area contributed by atoms with Crippen molar-refractivity contribution in [3.05, 3.63) is 48.2 Å². The zero-order chi connectivity index (χ0) is 22.8. The predicted molar refractivity (Wildman–Crippen MR) is 132 cm³/mol. The summed E-state index contributed by atoms with van der Waals surface area (Å²) >= 11 is 0. The Morgan fingerprint density at radius 3 is 2.82 bits per heavy atom. The van der Waals surface area contributed by atoms with Gasteiger partial charge in [-0.25, -0.2) is 9.97 Å². The number of anilines is 5. The van der Waals surface area contributed by atoms with Crippen LogP contribution < -0.4 is 20.0 Å². The van der Waals surface area contributed by atoms with Gasteiger partial charge in [0.1, 0.15) is 0 Å². The van der Waals surface area contributed by atoms with E-state index < -0.39 is 0 Å². The number of hydrogen-bond acceptors (Lipinski definition) is 8. The van der Waals surface area contributed by atoms with Crippen LogP contribution in [0.1, 0.15) is 24.2 Å². The van der Waals surface area contributed by atoms with E-state index in [1.165, 1.54) is 18.5 Å². The van der Waals surface area contributed by atoms with Gasteiger partial charge in [0.2, 0.25) is 5.95 Å². The molecule has 5 rings (SSSR count). The molecule has 9 nitrogen and oxygen atoms in total. The lowest BCUT2D eigenvalue weighted by molar-refractivity contribution is 0.181. The van der Waals surface area contributed by atoms with Crippen molar-refractivity contribution in [1.82, 2.24) is 19.9 Å². The molecule has 1 fully saturated rings. The molecule has 1 saturated heterocycles. The average Bonchev–Trinajstić information content (AvgIpc) is 3.49. The number of nitrogens with zero attached hydrogens (tertiary/aromatic N) is 6. The van der Waals surface area contributed by atoms with Gasteiger partial charge in [0, 0.05) is 52.1 Å². The third kappa shape index (κ3) is 4.45. The van der Waals surface area contributed by atoms with Gasteiger partial charge in [0.25, 0.3) is 0 Å². The van der Waals surface area contributed by atoms with Gasteiger partial charge in [-0.2, -0.15) is 4.98 Å². The molecule has 174 valence electrons. The monoisotopic (exact) mass is 448 g/mol. The third-order valence-electron chi connectivity index (χ3n) is 6.50. The number of fused-ring (bicyclic) bond motifs is 1. The zero-order valence-electron chi connectivity index (χ0n) is 19.6. The first kappa shape index (κ1) is 21.5. The van der Waals surface area contributed by atoms with Crippen molar-refractivity contribution in [2.45, 2.75) is 31.8 Å². The Morgan fingerprint density at radius 2 is 2.03 bits per heavy atom. The van der Waals surface area contributed by atoms with Crippen LogP contribution >= 0.6 is 0 Å². The van der Waals surface area contributed by atoms with Crippen LogP contribution in [0.25, 0.3) is 0 Å². The van der Waals surface area contributed by atoms with Crippen molar-refractivity contribution in [3.63, 3.8) is 0 Å². The van der Waals surface area contributed by atoms with Gasteiger partial charge in [-0.15, -0.1) is 0 Å². The lowest BCUT2D eigenvalue weighted by Gasteiger charge is -2.30. The van der Waals surface area contributed by atoms with E-state index >= 15 is 0 Å². The molecule has 1 atom stereocenters. The molecular weight excluding hydrogens is 416 g/mol. The number of hydrogen-bond donors (Lipinski definition) is 2. The van der Waals surface area contributed by atoms with Crippen LogP contribution in [-0.2, 0) is 17.7 Å². The molecule has 2 aliphatic heterocycles. The normalized spacial score (nSPS) is 17.8. The highest BCUT2D eigenvalue weighted by atomic mass is 16.5. The highest BCUT2D eigenvalue weighted by Gasteiger charge is 2.25. The molecule has 4 heterocycles. The number of methoxy groups -OCH3 is 1. The molecule has 3 aromatic rings. The van der Waals surface area contributed by atoms with Crippen molar-refractivity contribution >= 4 is 28.8 Å². The number of H-pyrrole nitrogens is 1. The van der Waals surface area contributed by atoms with Crippen LogP contribution in [-0.4, -0.2) is 66.9 Å². The fraction of sp³-hybridized carbons (Fsp3) is 0.458. The second kappa shape index (κ2) is 9.27. The van der Waals surface area contributed by atoms with Crippen molar-refractivity contribution < 1.29 is 4.74 Å². The molecular formula is C24H32N8O. The third-order valence-corrected chi connectivity index (χ3v) is 6.50. The van der Waals surface area contributed by atoms with Crippen LogP contribution in [0.3, 0.4) is 0 Å². The second-order valence-electron chi connectivity index (χ2n) is 8.91. The summed E-state index contributed by atoms with van der Waals surface area (Å²) in [5.74, 6) is 1.52. The minimum atomic E-state index is 0.457. The summed E-state index contributed by atoms with van der Waals surface area (Å²) in [6.45, 7) is 3.49. The van der Waals surface area contributed by atoms with Gasteiger partial charge in [-0.3, -0.25) is 0 Å². The van der Waals surface area contributed by atoms with Crippen LogP contribution in [0.2, 0.25) is 0 Å². The molecule has 0 amide bonds. The minimum absolute atomic E-state index is 0.457. The number of nitrogens with one attached hydrogen (secondary N) is 2. The molecule has 0 aliphatic carbocycles. The first-order chi connectivity index (χ1) is 16.1. The number of ether oxygens (including phenoxy) is 1. The van der Waals surface area contributed by atoms with Crippen molar-refractivity contribution in [2.24, 2.45) is 0 Å². The summed E-state index contributed by atoms with van der Waals surface area (Å²) in [5.41, 5.74) is 5.50. The maximum Gasteiger partial charge on any atom is 0.229 e. The number of rotatable bonds is 7. The van der Waals surface area contributed by atoms with E-state index in [0.717, 1.165) is 61.2 Å². The quantitative estimate of drug-likeness (QED) is 0.570. The van der Waals surface area contributed by atoms with Gasteiger partial charge in [-0.1, -0.05) is 0 Å². The summed E-state index contributed by atoms with van der Waals surface area (Å²) in [5, 5.41) is 3.39. The second-order valence-corrected chi connectivity index (χ2v) is 8.91. The van der Waals surface area contributed by atoms with Gasteiger partial charge in [0.05, 0.1) is 48.8 Å². The average molecular weight is 449 g/mol. The summed E-state index contributed by atoms with van der Waals surface area (Å²) in [6.07, 6.45) is 6.96. The summed E-state index contributed by atoms with van der Waals surface area (Å²) in [4.78, 5) is 24.0. The lowest BCUT2D eigenvalue weighted by Crippen LogP contribution is -2.32. The molecule has 2 N–H and O–H groups in total. The highest BCUT2D eigenvalue weighted by molar-refractivity contribution is 5.69. The Hall–Kier alpha value is -3.33.